The second-order valence-electron chi connectivity index (χ2n) is 9.23. The Morgan fingerprint density at radius 1 is 1.09 bits per heavy atom. The zero-order valence-corrected chi connectivity index (χ0v) is 19.8. The predicted molar refractivity (Wildman–Crippen MR) is 128 cm³/mol. The minimum Gasteiger partial charge on any atom is -0.481 e. The molecular weight excluding hydrogens is 432 g/mol. The zero-order valence-electron chi connectivity index (χ0n) is 19.8. The first-order valence-electron chi connectivity index (χ1n) is 12.0. The summed E-state index contributed by atoms with van der Waals surface area (Å²) < 4.78 is 5.59. The van der Waals surface area contributed by atoms with Crippen LogP contribution in [0.25, 0.3) is 11.1 Å². The SMILES string of the molecule is CCC(NC(=O)OCC1c2ccccc2-c2ccccc21)C(=O)N1CCCC(CC)(C(=O)O)C1. The van der Waals surface area contributed by atoms with Crippen LogP contribution in [0.2, 0.25) is 0 Å². The summed E-state index contributed by atoms with van der Waals surface area (Å²) in [6.45, 7) is 4.50. The quantitative estimate of drug-likeness (QED) is 0.633. The van der Waals surface area contributed by atoms with Gasteiger partial charge < -0.3 is 20.1 Å². The van der Waals surface area contributed by atoms with Crippen molar-refractivity contribution in [1.82, 2.24) is 10.2 Å². The van der Waals surface area contributed by atoms with E-state index in [0.29, 0.717) is 32.2 Å². The van der Waals surface area contributed by atoms with Gasteiger partial charge in [-0.05, 0) is 47.9 Å². The zero-order chi connectivity index (χ0) is 24.3. The fourth-order valence-electron chi connectivity index (χ4n) is 5.28. The minimum absolute atomic E-state index is 0.0586. The van der Waals surface area contributed by atoms with Crippen LogP contribution in [0.1, 0.15) is 56.6 Å². The molecule has 2 aliphatic rings. The van der Waals surface area contributed by atoms with Crippen LogP contribution < -0.4 is 5.32 Å². The number of hydrogen-bond acceptors (Lipinski definition) is 4. The number of amides is 2. The van der Waals surface area contributed by atoms with Gasteiger partial charge in [0.05, 0.1) is 5.41 Å². The Bertz CT molecular complexity index is 1040. The average molecular weight is 465 g/mol. The molecule has 34 heavy (non-hydrogen) atoms. The lowest BCUT2D eigenvalue weighted by molar-refractivity contribution is -0.155. The predicted octanol–water partition coefficient (Wildman–Crippen LogP) is 4.41. The average Bonchev–Trinajstić information content (AvgIpc) is 3.19. The largest absolute Gasteiger partial charge is 0.481 e. The van der Waals surface area contributed by atoms with Crippen LogP contribution in [0.4, 0.5) is 4.79 Å². The number of rotatable bonds is 7. The van der Waals surface area contributed by atoms with E-state index in [9.17, 15) is 19.5 Å². The highest BCUT2D eigenvalue weighted by Gasteiger charge is 2.43. The molecule has 0 spiro atoms. The Hall–Kier alpha value is -3.35. The van der Waals surface area contributed by atoms with E-state index in [4.69, 9.17) is 4.74 Å². The van der Waals surface area contributed by atoms with Crippen LogP contribution >= 0.6 is 0 Å². The van der Waals surface area contributed by atoms with Crippen molar-refractivity contribution in [3.8, 4) is 11.1 Å². The maximum Gasteiger partial charge on any atom is 0.407 e. The van der Waals surface area contributed by atoms with Crippen LogP contribution in [0.5, 0.6) is 0 Å². The van der Waals surface area contributed by atoms with Gasteiger partial charge in [0.25, 0.3) is 0 Å². The number of piperidine rings is 1. The van der Waals surface area contributed by atoms with Gasteiger partial charge >= 0.3 is 12.1 Å². The van der Waals surface area contributed by atoms with Crippen molar-refractivity contribution in [1.29, 1.82) is 0 Å². The van der Waals surface area contributed by atoms with Crippen molar-refractivity contribution in [2.45, 2.75) is 51.5 Å². The summed E-state index contributed by atoms with van der Waals surface area (Å²) in [5.41, 5.74) is 3.62. The number of likely N-dealkylation sites (tertiary alicyclic amines) is 1. The molecule has 4 rings (SSSR count). The topological polar surface area (TPSA) is 95.9 Å². The van der Waals surface area contributed by atoms with E-state index in [0.717, 1.165) is 22.3 Å². The highest BCUT2D eigenvalue weighted by Crippen LogP contribution is 2.44. The molecule has 1 saturated heterocycles. The van der Waals surface area contributed by atoms with E-state index in [1.165, 1.54) is 0 Å². The van der Waals surface area contributed by atoms with Gasteiger partial charge in [0.1, 0.15) is 12.6 Å². The molecule has 0 aromatic heterocycles. The number of carboxylic acids is 1. The van der Waals surface area contributed by atoms with E-state index in [1.807, 2.05) is 38.1 Å². The minimum atomic E-state index is -0.921. The van der Waals surface area contributed by atoms with Gasteiger partial charge in [0.15, 0.2) is 0 Å². The van der Waals surface area contributed by atoms with Crippen molar-refractivity contribution < 1.29 is 24.2 Å². The number of carboxylic acid groups (broad SMARTS) is 1. The second kappa shape index (κ2) is 9.87. The van der Waals surface area contributed by atoms with Gasteiger partial charge in [-0.25, -0.2) is 4.79 Å². The lowest BCUT2D eigenvalue weighted by Gasteiger charge is -2.40. The molecular formula is C27H32N2O5. The monoisotopic (exact) mass is 464 g/mol. The lowest BCUT2D eigenvalue weighted by Crippen LogP contribution is -2.55. The van der Waals surface area contributed by atoms with Gasteiger partial charge in [-0.2, -0.15) is 0 Å². The molecule has 2 aromatic carbocycles. The number of nitrogens with one attached hydrogen (secondary N) is 1. The number of ether oxygens (including phenoxy) is 1. The first-order valence-corrected chi connectivity index (χ1v) is 12.0. The Labute approximate surface area is 200 Å². The molecule has 2 unspecified atom stereocenters. The van der Waals surface area contributed by atoms with E-state index < -0.39 is 23.5 Å². The van der Waals surface area contributed by atoms with Gasteiger partial charge in [-0.1, -0.05) is 62.4 Å². The first kappa shape index (κ1) is 23.8. The van der Waals surface area contributed by atoms with Gasteiger partial charge in [-0.3, -0.25) is 9.59 Å². The normalized spacial score (nSPS) is 20.2. The maximum absolute atomic E-state index is 13.1. The third kappa shape index (κ3) is 4.39. The van der Waals surface area contributed by atoms with E-state index in [1.54, 1.807) is 4.90 Å². The molecule has 1 fully saturated rings. The van der Waals surface area contributed by atoms with Crippen molar-refractivity contribution in [3.63, 3.8) is 0 Å². The van der Waals surface area contributed by atoms with Crippen LogP contribution in [0.3, 0.4) is 0 Å². The van der Waals surface area contributed by atoms with E-state index in [-0.39, 0.29) is 25.0 Å². The van der Waals surface area contributed by atoms with Crippen LogP contribution in [-0.2, 0) is 14.3 Å². The standard InChI is InChI=1S/C27H32N2O5/c1-3-23(24(30)29-15-9-14-27(4-2,17-29)25(31)32)28-26(33)34-16-22-20-12-7-5-10-18(20)19-11-6-8-13-21(19)22/h5-8,10-13,22-23H,3-4,9,14-17H2,1-2H3,(H,28,33)(H,31,32). The highest BCUT2D eigenvalue weighted by molar-refractivity contribution is 5.87. The molecule has 7 nitrogen and oxygen atoms in total. The number of nitrogens with zero attached hydrogens (tertiary/aromatic N) is 1. The Morgan fingerprint density at radius 3 is 2.26 bits per heavy atom. The van der Waals surface area contributed by atoms with E-state index >= 15 is 0 Å². The molecule has 0 saturated carbocycles. The smallest absolute Gasteiger partial charge is 0.407 e. The van der Waals surface area contributed by atoms with Crippen molar-refractivity contribution in [2.75, 3.05) is 19.7 Å². The molecule has 0 bridgehead atoms. The van der Waals surface area contributed by atoms with Crippen molar-refractivity contribution in [2.24, 2.45) is 5.41 Å². The van der Waals surface area contributed by atoms with Crippen LogP contribution in [-0.4, -0.2) is 53.7 Å². The van der Waals surface area contributed by atoms with Gasteiger partial charge in [0.2, 0.25) is 5.91 Å². The summed E-state index contributed by atoms with van der Waals surface area (Å²) in [5, 5.41) is 12.4. The van der Waals surface area contributed by atoms with Crippen LogP contribution in [0.15, 0.2) is 48.5 Å². The molecule has 7 heteroatoms. The lowest BCUT2D eigenvalue weighted by atomic mass is 9.77. The number of aliphatic carboxylic acids is 1. The van der Waals surface area contributed by atoms with Crippen molar-refractivity contribution >= 4 is 18.0 Å². The fourth-order valence-corrected chi connectivity index (χ4v) is 5.28. The molecule has 180 valence electrons. The molecule has 2 aromatic rings. The third-order valence-corrected chi connectivity index (χ3v) is 7.36. The number of fused-ring (bicyclic) bond motifs is 3. The Morgan fingerprint density at radius 2 is 1.71 bits per heavy atom. The second-order valence-corrected chi connectivity index (χ2v) is 9.23. The highest BCUT2D eigenvalue weighted by atomic mass is 16.5. The molecule has 0 radical (unpaired) electrons. The molecule has 1 aliphatic heterocycles. The number of carbonyl (C=O) groups excluding carboxylic acids is 2. The van der Waals surface area contributed by atoms with Gasteiger partial charge in [0, 0.05) is 19.0 Å². The number of alkyl carbamates (subject to hydrolysis) is 1. The third-order valence-electron chi connectivity index (χ3n) is 7.36. The molecule has 2 N–H and O–H groups in total. The van der Waals surface area contributed by atoms with Gasteiger partial charge in [-0.15, -0.1) is 0 Å². The summed E-state index contributed by atoms with van der Waals surface area (Å²) >= 11 is 0. The Balaban J connectivity index is 1.40. The summed E-state index contributed by atoms with van der Waals surface area (Å²) in [7, 11) is 0. The van der Waals surface area contributed by atoms with Crippen molar-refractivity contribution in [3.05, 3.63) is 59.7 Å². The molecule has 1 heterocycles. The fraction of sp³-hybridized carbons (Fsp3) is 0.444. The molecule has 1 aliphatic carbocycles. The first-order chi connectivity index (χ1) is 16.4. The van der Waals surface area contributed by atoms with E-state index in [2.05, 4.69) is 29.6 Å². The summed E-state index contributed by atoms with van der Waals surface area (Å²) in [6.07, 6.45) is 1.40. The number of hydrogen-bond donors (Lipinski definition) is 2. The summed E-state index contributed by atoms with van der Waals surface area (Å²) in [5.74, 6) is -1.18. The molecule has 2 amide bonds. The van der Waals surface area contributed by atoms with Crippen LogP contribution in [0, 0.1) is 5.41 Å². The number of benzene rings is 2. The summed E-state index contributed by atoms with van der Waals surface area (Å²) in [6, 6.07) is 15.5. The maximum atomic E-state index is 13.1. The Kier molecular flexibility index (Phi) is 6.91. The summed E-state index contributed by atoms with van der Waals surface area (Å²) in [4.78, 5) is 39.2. The number of carbonyl (C=O) groups is 3. The molecule has 2 atom stereocenters.